The Morgan fingerprint density at radius 2 is 2.43 bits per heavy atom. The summed E-state index contributed by atoms with van der Waals surface area (Å²) >= 11 is 4.74. The molecule has 3 atom stereocenters. The van der Waals surface area contributed by atoms with Crippen LogP contribution in [0.4, 0.5) is 0 Å². The zero-order chi connectivity index (χ0) is 9.92. The van der Waals surface area contributed by atoms with Crippen LogP contribution in [0.1, 0.15) is 6.04 Å². The Morgan fingerprint density at radius 1 is 1.64 bits per heavy atom. The van der Waals surface area contributed by atoms with Gasteiger partial charge in [-0.15, -0.1) is 10.2 Å². The molecule has 0 bridgehead atoms. The second kappa shape index (κ2) is 2.73. The molecule has 1 fully saturated rings. The Bertz CT molecular complexity index is 485. The molecule has 1 saturated heterocycles. The van der Waals surface area contributed by atoms with E-state index in [0.29, 0.717) is 0 Å². The lowest BCUT2D eigenvalue weighted by molar-refractivity contribution is 0.537. The number of nitrogens with zero attached hydrogens (tertiary/aromatic N) is 3. The molecular formula is C6H6BrN3O2S2. The van der Waals surface area contributed by atoms with E-state index in [1.165, 1.54) is 11.8 Å². The van der Waals surface area contributed by atoms with Crippen LogP contribution in [0.25, 0.3) is 0 Å². The highest BCUT2D eigenvalue weighted by Gasteiger charge is 2.51. The molecule has 0 aromatic carbocycles. The van der Waals surface area contributed by atoms with E-state index >= 15 is 0 Å². The van der Waals surface area contributed by atoms with Crippen molar-refractivity contribution < 1.29 is 8.42 Å². The van der Waals surface area contributed by atoms with Crippen LogP contribution in [-0.2, 0) is 9.84 Å². The van der Waals surface area contributed by atoms with Gasteiger partial charge in [0.2, 0.25) is 0 Å². The zero-order valence-electron chi connectivity index (χ0n) is 6.87. The first-order chi connectivity index (χ1) is 6.59. The fourth-order valence-electron chi connectivity index (χ4n) is 1.87. The molecule has 2 aliphatic heterocycles. The molecule has 1 aromatic heterocycles. The van der Waals surface area contributed by atoms with Crippen LogP contribution in [0.2, 0.25) is 0 Å². The number of sulfone groups is 1. The number of thioether (sulfide) groups is 1. The van der Waals surface area contributed by atoms with Gasteiger partial charge in [0.15, 0.2) is 15.0 Å². The van der Waals surface area contributed by atoms with Gasteiger partial charge in [0, 0.05) is 5.25 Å². The van der Waals surface area contributed by atoms with Gasteiger partial charge in [-0.25, -0.2) is 8.42 Å². The minimum Gasteiger partial charge on any atom is -0.302 e. The number of alkyl halides is 1. The van der Waals surface area contributed by atoms with Crippen LogP contribution in [0.15, 0.2) is 11.5 Å². The lowest BCUT2D eigenvalue weighted by atomic mass is 10.2. The molecule has 0 saturated carbocycles. The number of halogens is 1. The first kappa shape index (κ1) is 9.17. The van der Waals surface area contributed by atoms with Gasteiger partial charge in [-0.05, 0) is 0 Å². The van der Waals surface area contributed by atoms with Gasteiger partial charge in [0.1, 0.15) is 10.5 Å². The van der Waals surface area contributed by atoms with Gasteiger partial charge < -0.3 is 4.57 Å². The summed E-state index contributed by atoms with van der Waals surface area (Å²) in [7, 11) is -2.99. The van der Waals surface area contributed by atoms with Crippen LogP contribution >= 0.6 is 27.7 Å². The van der Waals surface area contributed by atoms with E-state index in [-0.39, 0.29) is 17.0 Å². The third-order valence-electron chi connectivity index (χ3n) is 2.51. The second-order valence-corrected chi connectivity index (χ2v) is 8.31. The lowest BCUT2D eigenvalue weighted by Crippen LogP contribution is -2.18. The maximum Gasteiger partial charge on any atom is 0.191 e. The Morgan fingerprint density at radius 3 is 3.21 bits per heavy atom. The van der Waals surface area contributed by atoms with Gasteiger partial charge in [-0.2, -0.15) is 0 Å². The van der Waals surface area contributed by atoms with Crippen molar-refractivity contribution in [2.45, 2.75) is 20.6 Å². The maximum atomic E-state index is 11.6. The first-order valence-electron chi connectivity index (χ1n) is 4.01. The van der Waals surface area contributed by atoms with Crippen molar-refractivity contribution in [2.75, 3.05) is 5.75 Å². The van der Waals surface area contributed by atoms with Crippen molar-refractivity contribution in [3.05, 3.63) is 6.33 Å². The predicted molar refractivity (Wildman–Crippen MR) is 55.2 cm³/mol. The summed E-state index contributed by atoms with van der Waals surface area (Å²) in [6, 6.07) is -0.0463. The highest BCUT2D eigenvalue weighted by atomic mass is 79.9. The van der Waals surface area contributed by atoms with Crippen molar-refractivity contribution in [3.63, 3.8) is 0 Å². The average Bonchev–Trinajstić information content (AvgIpc) is 2.65. The van der Waals surface area contributed by atoms with Crippen LogP contribution < -0.4 is 0 Å². The number of rotatable bonds is 0. The molecule has 8 heteroatoms. The Labute approximate surface area is 93.3 Å². The summed E-state index contributed by atoms with van der Waals surface area (Å²) < 4.78 is 24.5. The number of hydrogen-bond acceptors (Lipinski definition) is 5. The lowest BCUT2D eigenvalue weighted by Gasteiger charge is -2.11. The van der Waals surface area contributed by atoms with E-state index in [4.69, 9.17) is 0 Å². The monoisotopic (exact) mass is 295 g/mol. The molecule has 2 aliphatic rings. The Balaban J connectivity index is 2.12. The molecule has 0 N–H and O–H groups in total. The molecule has 0 radical (unpaired) electrons. The summed E-state index contributed by atoms with van der Waals surface area (Å²) in [4.78, 5) is 0. The number of fused-ring (bicyclic) bond motifs is 3. The molecule has 3 heterocycles. The van der Waals surface area contributed by atoms with Crippen LogP contribution in [0, 0.1) is 0 Å². The van der Waals surface area contributed by atoms with Crippen molar-refractivity contribution >= 4 is 37.5 Å². The fraction of sp³-hybridized carbons (Fsp3) is 0.667. The topological polar surface area (TPSA) is 64.8 Å². The van der Waals surface area contributed by atoms with Crippen molar-refractivity contribution in [2.24, 2.45) is 0 Å². The zero-order valence-corrected chi connectivity index (χ0v) is 10.1. The highest BCUT2D eigenvalue weighted by molar-refractivity contribution is 9.11. The van der Waals surface area contributed by atoms with Crippen molar-refractivity contribution in [1.82, 2.24) is 14.8 Å². The summed E-state index contributed by atoms with van der Waals surface area (Å²) in [5.74, 6) is 0.224. The van der Waals surface area contributed by atoms with Crippen molar-refractivity contribution in [3.8, 4) is 0 Å². The third-order valence-corrected chi connectivity index (χ3v) is 8.01. The normalized spacial score (nSPS) is 38.2. The molecule has 0 unspecified atom stereocenters. The van der Waals surface area contributed by atoms with Gasteiger partial charge in [-0.1, -0.05) is 27.7 Å². The molecule has 5 nitrogen and oxygen atoms in total. The third kappa shape index (κ3) is 1.04. The quantitative estimate of drug-likeness (QED) is 0.650. The minimum atomic E-state index is -2.99. The van der Waals surface area contributed by atoms with Crippen LogP contribution in [-0.4, -0.2) is 38.3 Å². The number of hydrogen-bond donors (Lipinski definition) is 0. The molecule has 14 heavy (non-hydrogen) atoms. The molecule has 0 aliphatic carbocycles. The maximum absolute atomic E-state index is 11.6. The molecule has 76 valence electrons. The van der Waals surface area contributed by atoms with E-state index < -0.39 is 14.0 Å². The SMILES string of the molecule is O=S1(=O)C[C@H]2Sc3nncn3[C@@H]2[C@@H]1Br. The van der Waals surface area contributed by atoms with E-state index in [2.05, 4.69) is 26.1 Å². The summed E-state index contributed by atoms with van der Waals surface area (Å²) in [6.07, 6.45) is 1.60. The summed E-state index contributed by atoms with van der Waals surface area (Å²) in [5.41, 5.74) is 0. The van der Waals surface area contributed by atoms with Gasteiger partial charge in [-0.3, -0.25) is 0 Å². The van der Waals surface area contributed by atoms with Crippen LogP contribution in [0.3, 0.4) is 0 Å². The smallest absolute Gasteiger partial charge is 0.191 e. The highest BCUT2D eigenvalue weighted by Crippen LogP contribution is 2.49. The van der Waals surface area contributed by atoms with Gasteiger partial charge >= 0.3 is 0 Å². The van der Waals surface area contributed by atoms with E-state index in [0.717, 1.165) is 5.16 Å². The van der Waals surface area contributed by atoms with E-state index in [1.807, 2.05) is 4.57 Å². The molecular weight excluding hydrogens is 290 g/mol. The van der Waals surface area contributed by atoms with E-state index in [9.17, 15) is 8.42 Å². The Kier molecular flexibility index (Phi) is 1.79. The number of aromatic nitrogens is 3. The molecule has 0 amide bonds. The standard InChI is InChI=1S/C6H6BrN3O2S2/c7-5-4-3(1-14(5,11)12)13-6-9-8-2-10(4)6/h2-5H,1H2/t3-,4+,5-/m1/s1. The van der Waals surface area contributed by atoms with Crippen LogP contribution in [0.5, 0.6) is 0 Å². The van der Waals surface area contributed by atoms with E-state index in [1.54, 1.807) is 6.33 Å². The summed E-state index contributed by atoms with van der Waals surface area (Å²) in [5, 5.41) is 8.60. The largest absolute Gasteiger partial charge is 0.302 e. The van der Waals surface area contributed by atoms with Gasteiger partial charge in [0.25, 0.3) is 0 Å². The van der Waals surface area contributed by atoms with Crippen molar-refractivity contribution in [1.29, 1.82) is 0 Å². The average molecular weight is 296 g/mol. The molecule has 3 rings (SSSR count). The first-order valence-corrected chi connectivity index (χ1v) is 7.52. The Hall–Kier alpha value is -0.0800. The molecule has 0 spiro atoms. The minimum absolute atomic E-state index is 0.0463. The molecule has 1 aromatic rings. The predicted octanol–water partition coefficient (Wildman–Crippen LogP) is 0.443. The van der Waals surface area contributed by atoms with Gasteiger partial charge in [0.05, 0.1) is 11.8 Å². The fourth-order valence-corrected chi connectivity index (χ4v) is 6.76. The summed E-state index contributed by atoms with van der Waals surface area (Å²) in [6.45, 7) is 0. The second-order valence-electron chi connectivity index (χ2n) is 3.35.